The van der Waals surface area contributed by atoms with Crippen LogP contribution in [0.15, 0.2) is 24.3 Å². The van der Waals surface area contributed by atoms with Gasteiger partial charge in [-0.2, -0.15) is 21.7 Å². The number of nitrogens with zero attached hydrogens (tertiary/aromatic N) is 3. The molecule has 0 aliphatic rings. The van der Waals surface area contributed by atoms with Gasteiger partial charge in [-0.1, -0.05) is 37.6 Å². The van der Waals surface area contributed by atoms with Crippen LogP contribution >= 0.6 is 11.8 Å². The second-order valence-electron chi connectivity index (χ2n) is 10.8. The van der Waals surface area contributed by atoms with Crippen LogP contribution in [0.1, 0.15) is 43.0 Å². The van der Waals surface area contributed by atoms with Gasteiger partial charge in [0.15, 0.2) is 5.82 Å². The molecule has 0 aliphatic carbocycles. The molecule has 0 saturated heterocycles. The molecule has 0 bridgehead atoms. The fourth-order valence-corrected chi connectivity index (χ4v) is 5.49. The van der Waals surface area contributed by atoms with Crippen molar-refractivity contribution in [3.63, 3.8) is 0 Å². The minimum atomic E-state index is -0.481. The van der Waals surface area contributed by atoms with E-state index in [-0.39, 0.29) is 42.0 Å². The van der Waals surface area contributed by atoms with Gasteiger partial charge in [0.05, 0.1) is 25.3 Å². The fourth-order valence-electron chi connectivity index (χ4n) is 4.29. The van der Waals surface area contributed by atoms with Crippen molar-refractivity contribution in [1.29, 1.82) is 0 Å². The van der Waals surface area contributed by atoms with Crippen LogP contribution in [-0.4, -0.2) is 92.2 Å². The molecule has 0 aliphatic heterocycles. The van der Waals surface area contributed by atoms with Crippen molar-refractivity contribution in [2.75, 3.05) is 70.6 Å². The summed E-state index contributed by atoms with van der Waals surface area (Å²) in [5, 5.41) is 5.77. The van der Waals surface area contributed by atoms with Crippen molar-refractivity contribution in [2.45, 2.75) is 46.1 Å². The van der Waals surface area contributed by atoms with Crippen molar-refractivity contribution in [3.05, 3.63) is 41.1 Å². The van der Waals surface area contributed by atoms with Gasteiger partial charge in [0.25, 0.3) is 0 Å². The molecule has 0 saturated carbocycles. The van der Waals surface area contributed by atoms with Gasteiger partial charge in [0.2, 0.25) is 11.8 Å². The van der Waals surface area contributed by atoms with Crippen LogP contribution in [0.3, 0.4) is 0 Å². The van der Waals surface area contributed by atoms with E-state index in [0.717, 1.165) is 36.3 Å². The molecule has 4 N–H and O–H groups in total. The predicted octanol–water partition coefficient (Wildman–Crippen LogP) is 3.08. The van der Waals surface area contributed by atoms with Gasteiger partial charge < -0.3 is 35.5 Å². The molecular weight excluding hydrogens is 584 g/mol. The van der Waals surface area contributed by atoms with Gasteiger partial charge >= 0.3 is 12.0 Å². The van der Waals surface area contributed by atoms with Crippen LogP contribution in [0.4, 0.5) is 11.5 Å². The number of nitrogens with one attached hydrogen (secondary N) is 2. The van der Waals surface area contributed by atoms with Crippen LogP contribution in [0.25, 0.3) is 0 Å². The summed E-state index contributed by atoms with van der Waals surface area (Å²) in [4.78, 5) is 48.1. The number of nitrogens with two attached hydrogens (primary N) is 1. The van der Waals surface area contributed by atoms with Gasteiger partial charge in [-0.15, -0.1) is 0 Å². The Morgan fingerprint density at radius 2 is 1.73 bits per heavy atom. The Morgan fingerprint density at radius 3 is 2.34 bits per heavy atom. The summed E-state index contributed by atoms with van der Waals surface area (Å²) in [6.07, 6.45) is 1.94. The lowest BCUT2D eigenvalue weighted by atomic mass is 9.93. The van der Waals surface area contributed by atoms with E-state index >= 15 is 0 Å². The average molecular weight is 633 g/mol. The van der Waals surface area contributed by atoms with Crippen LogP contribution < -0.4 is 21.1 Å². The number of aryl methyl sites for hydroxylation is 1. The predicted molar refractivity (Wildman–Crippen MR) is 174 cm³/mol. The van der Waals surface area contributed by atoms with Gasteiger partial charge in [0.1, 0.15) is 12.3 Å². The second kappa shape index (κ2) is 19.8. The highest BCUT2D eigenvalue weighted by Crippen LogP contribution is 2.24. The Kier molecular flexibility index (Phi) is 16.5. The van der Waals surface area contributed by atoms with E-state index in [9.17, 15) is 14.4 Å². The number of benzene rings is 1. The Labute approximate surface area is 265 Å². The molecule has 2 rings (SSSR count). The van der Waals surface area contributed by atoms with Crippen molar-refractivity contribution in [2.24, 2.45) is 11.8 Å². The van der Waals surface area contributed by atoms with E-state index in [1.807, 2.05) is 38.4 Å². The number of carbonyl (C=O) groups is 3. The molecule has 13 heteroatoms. The Hall–Kier alpha value is -3.42. The number of anilines is 2. The molecule has 1 aromatic heterocycles. The van der Waals surface area contributed by atoms with Gasteiger partial charge in [-0.05, 0) is 44.5 Å². The number of rotatable bonds is 20. The molecule has 2 unspecified atom stereocenters. The minimum Gasteiger partial charge on any atom is -0.469 e. The normalized spacial score (nSPS) is 12.4. The van der Waals surface area contributed by atoms with Gasteiger partial charge in [-0.25, -0.2) is 0 Å². The lowest BCUT2D eigenvalue weighted by molar-refractivity contribution is -0.146. The minimum absolute atomic E-state index is 0.0869. The van der Waals surface area contributed by atoms with E-state index in [0.29, 0.717) is 43.3 Å². The Morgan fingerprint density at radius 1 is 1.02 bits per heavy atom. The number of hydrogen-bond acceptors (Lipinski definition) is 11. The zero-order valence-corrected chi connectivity index (χ0v) is 27.6. The summed E-state index contributed by atoms with van der Waals surface area (Å²) in [5.41, 5.74) is 9.02. The Balaban J connectivity index is 1.85. The molecule has 44 heavy (non-hydrogen) atoms. The molecule has 1 heterocycles. The molecule has 12 nitrogen and oxygen atoms in total. The molecular formula is C31H48N6O6S. The molecule has 0 radical (unpaired) electrons. The molecule has 0 fully saturated rings. The van der Waals surface area contributed by atoms with Crippen LogP contribution in [0.5, 0.6) is 6.01 Å². The summed E-state index contributed by atoms with van der Waals surface area (Å²) < 4.78 is 15.3. The van der Waals surface area contributed by atoms with Crippen molar-refractivity contribution >= 4 is 41.1 Å². The standard InChI is InChI=1S/C31H48N6O6S/c1-7-22(17-27(39)35-28-21(2)34-31(36-29(28)32)43-14-13-41-5)16-23-8-10-24(11-9-23)19-33-26(38)18-25(30(40)42-6)20-44-15-12-37(3)4/h8-11,22,25H,7,12-20H2,1-6H3,(H,33,38)(H,35,39)(H2,32,34,36). The SMILES string of the molecule is CCC(CC(=O)Nc1c(C)nc(OCCOC)nc1N)Cc1ccc(CNC(=O)CC(CSCCN(C)C)C(=O)OC)cc1. The monoisotopic (exact) mass is 632 g/mol. The molecule has 1 aromatic carbocycles. The number of hydrogen-bond donors (Lipinski definition) is 3. The summed E-state index contributed by atoms with van der Waals surface area (Å²) in [6, 6.07) is 8.10. The highest BCUT2D eigenvalue weighted by Gasteiger charge is 2.23. The highest BCUT2D eigenvalue weighted by atomic mass is 32.2. The number of methoxy groups -OCH3 is 2. The van der Waals surface area contributed by atoms with Crippen molar-refractivity contribution in [3.8, 4) is 6.01 Å². The summed E-state index contributed by atoms with van der Waals surface area (Å²) in [5.74, 6) is 0.476. The third-order valence-corrected chi connectivity index (χ3v) is 8.05. The number of aromatic nitrogens is 2. The first-order valence-electron chi connectivity index (χ1n) is 14.8. The fraction of sp³-hybridized carbons (Fsp3) is 0.581. The first-order chi connectivity index (χ1) is 21.1. The van der Waals surface area contributed by atoms with Crippen molar-refractivity contribution in [1.82, 2.24) is 20.2 Å². The number of ether oxygens (including phenoxy) is 3. The van der Waals surface area contributed by atoms with E-state index in [2.05, 4.69) is 32.4 Å². The second-order valence-corrected chi connectivity index (χ2v) is 12.0. The zero-order chi connectivity index (χ0) is 32.5. The first-order valence-corrected chi connectivity index (χ1v) is 15.9. The molecule has 2 atom stereocenters. The van der Waals surface area contributed by atoms with E-state index in [1.54, 1.807) is 25.8 Å². The summed E-state index contributed by atoms with van der Waals surface area (Å²) >= 11 is 1.64. The quantitative estimate of drug-likeness (QED) is 0.146. The zero-order valence-electron chi connectivity index (χ0n) is 26.8. The lowest BCUT2D eigenvalue weighted by Crippen LogP contribution is -2.30. The topological polar surface area (TPSA) is 158 Å². The van der Waals surface area contributed by atoms with E-state index in [4.69, 9.17) is 19.9 Å². The number of carbonyl (C=O) groups excluding carboxylic acids is 3. The third kappa shape index (κ3) is 13.5. The number of nitrogen functional groups attached to an aromatic ring is 1. The van der Waals surface area contributed by atoms with Crippen molar-refractivity contribution < 1.29 is 28.6 Å². The molecule has 0 spiro atoms. The number of amides is 2. The largest absolute Gasteiger partial charge is 0.469 e. The van der Waals surface area contributed by atoms with Crippen LogP contribution in [0, 0.1) is 18.8 Å². The third-order valence-electron chi connectivity index (χ3n) is 6.94. The van der Waals surface area contributed by atoms with Crippen LogP contribution in [-0.2, 0) is 36.8 Å². The molecule has 2 aromatic rings. The summed E-state index contributed by atoms with van der Waals surface area (Å²) in [7, 11) is 6.92. The number of esters is 1. The maximum absolute atomic E-state index is 12.9. The lowest BCUT2D eigenvalue weighted by Gasteiger charge is -2.17. The van der Waals surface area contributed by atoms with Gasteiger partial charge in [-0.3, -0.25) is 14.4 Å². The average Bonchev–Trinajstić information content (AvgIpc) is 2.99. The maximum Gasteiger partial charge on any atom is 0.318 e. The van der Waals surface area contributed by atoms with Crippen LogP contribution in [0.2, 0.25) is 0 Å². The summed E-state index contributed by atoms with van der Waals surface area (Å²) in [6.45, 7) is 5.75. The van der Waals surface area contributed by atoms with E-state index < -0.39 is 5.92 Å². The molecule has 2 amide bonds. The number of thioether (sulfide) groups is 1. The smallest absolute Gasteiger partial charge is 0.318 e. The Bertz CT molecular complexity index is 1170. The van der Waals surface area contributed by atoms with Gasteiger partial charge in [0, 0.05) is 44.5 Å². The maximum atomic E-state index is 12.9. The first kappa shape index (κ1) is 36.8. The molecule has 244 valence electrons. The highest BCUT2D eigenvalue weighted by molar-refractivity contribution is 7.99. The van der Waals surface area contributed by atoms with E-state index in [1.165, 1.54) is 7.11 Å².